The van der Waals surface area contributed by atoms with Gasteiger partial charge in [0, 0.05) is 0 Å². The van der Waals surface area contributed by atoms with Crippen molar-refractivity contribution in [3.05, 3.63) is 78.0 Å². The summed E-state index contributed by atoms with van der Waals surface area (Å²) in [6, 6.07) is 16.1. The van der Waals surface area contributed by atoms with Gasteiger partial charge in [-0.25, -0.2) is 14.6 Å². The van der Waals surface area contributed by atoms with Gasteiger partial charge in [0.05, 0.1) is 28.7 Å². The minimum absolute atomic E-state index is 0.573. The summed E-state index contributed by atoms with van der Waals surface area (Å²) in [5.74, 6) is 1.34. The lowest BCUT2D eigenvalue weighted by Crippen LogP contribution is -2.06. The molecule has 0 spiro atoms. The molecule has 5 aromatic rings. The van der Waals surface area contributed by atoms with Crippen molar-refractivity contribution < 1.29 is 0 Å². The Balaban J connectivity index is 1.46. The van der Waals surface area contributed by atoms with Crippen LogP contribution in [0.25, 0.3) is 22.4 Å². The molecule has 0 aliphatic heterocycles. The van der Waals surface area contributed by atoms with Crippen molar-refractivity contribution in [1.29, 1.82) is 0 Å². The van der Waals surface area contributed by atoms with Crippen LogP contribution in [0.3, 0.4) is 0 Å². The molecule has 3 aromatic heterocycles. The van der Waals surface area contributed by atoms with Crippen LogP contribution in [0, 0.1) is 13.8 Å². The minimum atomic E-state index is 0.573. The molecule has 30 heavy (non-hydrogen) atoms. The van der Waals surface area contributed by atoms with Crippen molar-refractivity contribution in [2.24, 2.45) is 0 Å². The van der Waals surface area contributed by atoms with Gasteiger partial charge in [-0.15, -0.1) is 5.10 Å². The maximum absolute atomic E-state index is 4.51. The summed E-state index contributed by atoms with van der Waals surface area (Å²) in [4.78, 5) is 8.91. The molecule has 148 valence electrons. The van der Waals surface area contributed by atoms with Gasteiger partial charge in [0.2, 0.25) is 0 Å². The first-order chi connectivity index (χ1) is 14.7. The van der Waals surface area contributed by atoms with E-state index in [0.29, 0.717) is 5.75 Å². The van der Waals surface area contributed by atoms with Gasteiger partial charge in [-0.3, -0.25) is 0 Å². The third-order valence-electron chi connectivity index (χ3n) is 4.85. The highest BCUT2D eigenvalue weighted by molar-refractivity contribution is 7.98. The van der Waals surface area contributed by atoms with E-state index in [2.05, 4.69) is 56.6 Å². The molecular weight excluding hydrogens is 396 g/mol. The second-order valence-electron chi connectivity index (χ2n) is 6.84. The molecular formula is C21H18N8S. The Hall–Kier alpha value is -3.59. The number of rotatable bonds is 5. The fourth-order valence-electron chi connectivity index (χ4n) is 3.44. The molecule has 0 fully saturated rings. The van der Waals surface area contributed by atoms with E-state index in [4.69, 9.17) is 0 Å². The third-order valence-corrected chi connectivity index (χ3v) is 5.85. The SMILES string of the molecule is Cc1cccc(C)c1-n1nnnc1CSc1ncnc2c1cnn2-c1ccccc1. The molecule has 0 N–H and O–H groups in total. The van der Waals surface area contributed by atoms with Gasteiger partial charge in [-0.05, 0) is 47.5 Å². The van der Waals surface area contributed by atoms with Crippen LogP contribution in [0.1, 0.15) is 17.0 Å². The van der Waals surface area contributed by atoms with Crippen LogP contribution in [0.15, 0.2) is 66.1 Å². The second kappa shape index (κ2) is 7.68. The fourth-order valence-corrected chi connectivity index (χ4v) is 4.30. The highest BCUT2D eigenvalue weighted by Crippen LogP contribution is 2.29. The average Bonchev–Trinajstić information content (AvgIpc) is 3.40. The monoisotopic (exact) mass is 414 g/mol. The quantitative estimate of drug-likeness (QED) is 0.320. The van der Waals surface area contributed by atoms with Gasteiger partial charge in [0.25, 0.3) is 0 Å². The Bertz CT molecular complexity index is 1310. The van der Waals surface area contributed by atoms with E-state index >= 15 is 0 Å². The molecule has 8 nitrogen and oxygen atoms in total. The summed E-state index contributed by atoms with van der Waals surface area (Å²) in [6.45, 7) is 4.12. The van der Waals surface area contributed by atoms with Gasteiger partial charge in [0.1, 0.15) is 11.4 Å². The number of aryl methyl sites for hydroxylation is 2. The predicted octanol–water partition coefficient (Wildman–Crippen LogP) is 3.70. The highest BCUT2D eigenvalue weighted by atomic mass is 32.2. The summed E-state index contributed by atoms with van der Waals surface area (Å²) >= 11 is 1.57. The number of hydrogen-bond donors (Lipinski definition) is 0. The number of aromatic nitrogens is 8. The fraction of sp³-hybridized carbons (Fsp3) is 0.143. The number of hydrogen-bond acceptors (Lipinski definition) is 7. The lowest BCUT2D eigenvalue weighted by Gasteiger charge is -2.10. The number of tetrazole rings is 1. The summed E-state index contributed by atoms with van der Waals surface area (Å²) in [6.07, 6.45) is 3.37. The van der Waals surface area contributed by atoms with Crippen LogP contribution in [0.2, 0.25) is 0 Å². The molecule has 3 heterocycles. The first kappa shape index (κ1) is 18.4. The molecule has 5 rings (SSSR count). The van der Waals surface area contributed by atoms with Gasteiger partial charge in [0.15, 0.2) is 11.5 Å². The van der Waals surface area contributed by atoms with Crippen LogP contribution >= 0.6 is 11.8 Å². The Morgan fingerprint density at radius 2 is 1.70 bits per heavy atom. The molecule has 0 saturated carbocycles. The molecule has 0 unspecified atom stereocenters. The standard InChI is InChI=1S/C21H18N8S/c1-14-7-6-8-15(2)19(14)29-18(25-26-27-29)12-30-21-17-11-24-28(20(17)22-13-23-21)16-9-4-3-5-10-16/h3-11,13H,12H2,1-2H3. The van der Waals surface area contributed by atoms with Crippen molar-refractivity contribution in [2.75, 3.05) is 0 Å². The Kier molecular flexibility index (Phi) is 4.72. The number of nitrogens with zero attached hydrogens (tertiary/aromatic N) is 8. The molecule has 0 amide bonds. The molecule has 0 atom stereocenters. The van der Waals surface area contributed by atoms with E-state index in [1.54, 1.807) is 24.3 Å². The number of fused-ring (bicyclic) bond motifs is 1. The summed E-state index contributed by atoms with van der Waals surface area (Å²) in [7, 11) is 0. The van der Waals surface area contributed by atoms with E-state index in [0.717, 1.165) is 44.4 Å². The maximum atomic E-state index is 4.51. The Morgan fingerprint density at radius 3 is 2.50 bits per heavy atom. The van der Waals surface area contributed by atoms with Crippen molar-refractivity contribution in [3.63, 3.8) is 0 Å². The zero-order valence-corrected chi connectivity index (χ0v) is 17.3. The molecule has 0 aliphatic carbocycles. The zero-order valence-electron chi connectivity index (χ0n) is 16.5. The minimum Gasteiger partial charge on any atom is -0.229 e. The van der Waals surface area contributed by atoms with Crippen LogP contribution in [0.4, 0.5) is 0 Å². The molecule has 0 aliphatic rings. The Labute approximate surface area is 177 Å². The van der Waals surface area contributed by atoms with Crippen LogP contribution in [-0.2, 0) is 5.75 Å². The number of thioether (sulfide) groups is 1. The molecule has 0 radical (unpaired) electrons. The molecule has 9 heteroatoms. The lowest BCUT2D eigenvalue weighted by atomic mass is 10.1. The van der Waals surface area contributed by atoms with Gasteiger partial charge in [-0.1, -0.05) is 48.2 Å². The predicted molar refractivity (Wildman–Crippen MR) is 115 cm³/mol. The summed E-state index contributed by atoms with van der Waals surface area (Å²) in [5, 5.41) is 18.6. The topological polar surface area (TPSA) is 87.2 Å². The average molecular weight is 414 g/mol. The van der Waals surface area contributed by atoms with E-state index in [1.165, 1.54) is 0 Å². The normalized spacial score (nSPS) is 11.3. The van der Waals surface area contributed by atoms with Gasteiger partial charge < -0.3 is 0 Å². The molecule has 2 aromatic carbocycles. The highest BCUT2D eigenvalue weighted by Gasteiger charge is 2.16. The van der Waals surface area contributed by atoms with Crippen LogP contribution in [0.5, 0.6) is 0 Å². The lowest BCUT2D eigenvalue weighted by molar-refractivity contribution is 0.769. The largest absolute Gasteiger partial charge is 0.229 e. The van der Waals surface area contributed by atoms with E-state index in [1.807, 2.05) is 45.8 Å². The molecule has 0 bridgehead atoms. The zero-order chi connectivity index (χ0) is 20.5. The van der Waals surface area contributed by atoms with E-state index in [9.17, 15) is 0 Å². The number of para-hydroxylation sites is 2. The van der Waals surface area contributed by atoms with Crippen molar-refractivity contribution in [2.45, 2.75) is 24.6 Å². The second-order valence-corrected chi connectivity index (χ2v) is 7.81. The van der Waals surface area contributed by atoms with E-state index < -0.39 is 0 Å². The molecule has 0 saturated heterocycles. The first-order valence-corrected chi connectivity index (χ1v) is 10.4. The van der Waals surface area contributed by atoms with Crippen molar-refractivity contribution in [3.8, 4) is 11.4 Å². The van der Waals surface area contributed by atoms with Crippen LogP contribution < -0.4 is 0 Å². The summed E-state index contributed by atoms with van der Waals surface area (Å²) in [5.41, 5.74) is 5.00. The van der Waals surface area contributed by atoms with Gasteiger partial charge >= 0.3 is 0 Å². The van der Waals surface area contributed by atoms with Gasteiger partial charge in [-0.2, -0.15) is 9.78 Å². The van der Waals surface area contributed by atoms with Crippen molar-refractivity contribution >= 4 is 22.8 Å². The maximum Gasteiger partial charge on any atom is 0.167 e. The van der Waals surface area contributed by atoms with Crippen molar-refractivity contribution in [1.82, 2.24) is 40.0 Å². The summed E-state index contributed by atoms with van der Waals surface area (Å²) < 4.78 is 3.63. The third kappa shape index (κ3) is 3.22. The van der Waals surface area contributed by atoms with Crippen LogP contribution in [-0.4, -0.2) is 40.0 Å². The smallest absolute Gasteiger partial charge is 0.167 e. The Morgan fingerprint density at radius 1 is 0.900 bits per heavy atom. The first-order valence-electron chi connectivity index (χ1n) is 9.43. The van der Waals surface area contributed by atoms with E-state index in [-0.39, 0.29) is 0 Å². The number of benzene rings is 2.